The van der Waals surface area contributed by atoms with Crippen LogP contribution in [0.25, 0.3) is 0 Å². The van der Waals surface area contributed by atoms with Crippen molar-refractivity contribution >= 4 is 22.4 Å². The third kappa shape index (κ3) is 10.8. The van der Waals surface area contributed by atoms with Crippen molar-refractivity contribution in [2.45, 2.75) is 76.7 Å². The summed E-state index contributed by atoms with van der Waals surface area (Å²) in [6.07, 6.45) is -0.407. The molecule has 2 N–H and O–H groups in total. The number of hydrogen-bond acceptors (Lipinski definition) is 7. The number of amides is 1. The molecule has 238 valence electrons. The van der Waals surface area contributed by atoms with Crippen molar-refractivity contribution < 1.29 is 32.6 Å². The lowest BCUT2D eigenvalue weighted by Gasteiger charge is -2.31. The zero-order chi connectivity index (χ0) is 32.3. The maximum atomic E-state index is 13.7. The number of nitrogens with zero attached hydrogens (tertiary/aromatic N) is 1. The van der Waals surface area contributed by atoms with E-state index in [1.807, 2.05) is 68.4 Å². The van der Waals surface area contributed by atoms with Crippen LogP contribution in [0.3, 0.4) is 0 Å². The summed E-state index contributed by atoms with van der Waals surface area (Å²) < 4.78 is 40.0. The molecule has 0 aliphatic rings. The number of ether oxygens (including phenoxy) is 2. The highest BCUT2D eigenvalue weighted by Crippen LogP contribution is 2.22. The van der Waals surface area contributed by atoms with Gasteiger partial charge in [0.2, 0.25) is 10.0 Å². The minimum absolute atomic E-state index is 0.00641. The van der Waals surface area contributed by atoms with Crippen LogP contribution in [0.5, 0.6) is 5.75 Å². The van der Waals surface area contributed by atoms with Gasteiger partial charge in [-0.25, -0.2) is 13.2 Å². The fraction of sp³-hybridized carbons (Fsp3) is 0.412. The van der Waals surface area contributed by atoms with Crippen LogP contribution in [-0.4, -0.2) is 61.0 Å². The van der Waals surface area contributed by atoms with Crippen LogP contribution in [0.4, 0.5) is 4.79 Å². The summed E-state index contributed by atoms with van der Waals surface area (Å²) in [5.74, 6) is 0.674. The Bertz CT molecular complexity index is 1440. The lowest BCUT2D eigenvalue weighted by Crippen LogP contribution is -2.52. The van der Waals surface area contributed by atoms with Crippen LogP contribution in [0.15, 0.2) is 83.8 Å². The van der Waals surface area contributed by atoms with Gasteiger partial charge in [0.05, 0.1) is 17.0 Å². The summed E-state index contributed by atoms with van der Waals surface area (Å²) in [4.78, 5) is 23.9. The van der Waals surface area contributed by atoms with Crippen molar-refractivity contribution in [2.75, 3.05) is 13.1 Å². The number of carbonyl (C=O) groups excluding carboxylic acids is 2. The van der Waals surface area contributed by atoms with Crippen LogP contribution in [0.2, 0.25) is 0 Å². The lowest BCUT2D eigenvalue weighted by atomic mass is 10.0. The molecular weight excluding hydrogens is 580 g/mol. The molecule has 3 atom stereocenters. The standard InChI is InChI=1S/C34H44N2O7S/c1-6-25(2)21-36(44(40,41)30-18-14-27(23-37)15-19-30)22-32(38)31(35-33(39)43-34(3,4)5)20-26-12-16-29(17-13-26)42-24-28-10-8-7-9-11-28/h7-19,23,25,31-32,38H,6,20-22,24H2,1-5H3,(H,35,39)/t25-,31-,32+/m0/s1. The summed E-state index contributed by atoms with van der Waals surface area (Å²) in [5.41, 5.74) is 1.43. The van der Waals surface area contributed by atoms with Crippen molar-refractivity contribution in [1.82, 2.24) is 9.62 Å². The van der Waals surface area contributed by atoms with Crippen LogP contribution < -0.4 is 10.1 Å². The molecule has 0 heterocycles. The Morgan fingerprint density at radius 1 is 0.955 bits per heavy atom. The zero-order valence-electron chi connectivity index (χ0n) is 26.1. The van der Waals surface area contributed by atoms with Crippen molar-refractivity contribution in [3.05, 3.63) is 95.6 Å². The smallest absolute Gasteiger partial charge is 0.407 e. The van der Waals surface area contributed by atoms with Gasteiger partial charge in [0.15, 0.2) is 0 Å². The number of sulfonamides is 1. The minimum atomic E-state index is -4.03. The number of aldehydes is 1. The molecule has 1 amide bonds. The van der Waals surface area contributed by atoms with Crippen molar-refractivity contribution in [3.8, 4) is 5.75 Å². The average molecular weight is 625 g/mol. The van der Waals surface area contributed by atoms with E-state index < -0.39 is 33.9 Å². The average Bonchev–Trinajstić information content (AvgIpc) is 2.99. The van der Waals surface area contributed by atoms with E-state index >= 15 is 0 Å². The van der Waals surface area contributed by atoms with Gasteiger partial charge in [-0.3, -0.25) is 4.79 Å². The molecule has 9 nitrogen and oxygen atoms in total. The Morgan fingerprint density at radius 2 is 1.59 bits per heavy atom. The molecule has 0 unspecified atom stereocenters. The van der Waals surface area contributed by atoms with E-state index in [0.29, 0.717) is 24.2 Å². The van der Waals surface area contributed by atoms with Gasteiger partial charge in [0.25, 0.3) is 0 Å². The first-order valence-electron chi connectivity index (χ1n) is 14.8. The number of aliphatic hydroxyl groups is 1. The van der Waals surface area contributed by atoms with Gasteiger partial charge in [-0.2, -0.15) is 4.31 Å². The molecule has 0 aliphatic heterocycles. The number of rotatable bonds is 15. The van der Waals surface area contributed by atoms with Crippen LogP contribution in [0, 0.1) is 5.92 Å². The monoisotopic (exact) mass is 624 g/mol. The van der Waals surface area contributed by atoms with E-state index in [1.165, 1.54) is 28.6 Å². The normalized spacial score (nSPS) is 14.0. The molecule has 0 spiro atoms. The predicted molar refractivity (Wildman–Crippen MR) is 170 cm³/mol. The lowest BCUT2D eigenvalue weighted by molar-refractivity contribution is 0.0399. The first-order chi connectivity index (χ1) is 20.8. The summed E-state index contributed by atoms with van der Waals surface area (Å²) in [6, 6.07) is 21.9. The predicted octanol–water partition coefficient (Wildman–Crippen LogP) is 5.61. The van der Waals surface area contributed by atoms with E-state index in [4.69, 9.17) is 9.47 Å². The largest absolute Gasteiger partial charge is 0.489 e. The molecular formula is C34H44N2O7S. The molecule has 0 bridgehead atoms. The number of alkyl carbamates (subject to hydrolysis) is 1. The first-order valence-corrected chi connectivity index (χ1v) is 16.2. The van der Waals surface area contributed by atoms with Crippen LogP contribution >= 0.6 is 0 Å². The number of nitrogens with one attached hydrogen (secondary N) is 1. The molecule has 0 saturated carbocycles. The molecule has 3 rings (SSSR count). The number of hydrogen-bond donors (Lipinski definition) is 2. The maximum Gasteiger partial charge on any atom is 0.407 e. The van der Waals surface area contributed by atoms with Crippen molar-refractivity contribution in [2.24, 2.45) is 5.92 Å². The van der Waals surface area contributed by atoms with Gasteiger partial charge >= 0.3 is 6.09 Å². The first kappa shape index (κ1) is 34.8. The number of benzene rings is 3. The highest BCUT2D eigenvalue weighted by atomic mass is 32.2. The Hall–Kier alpha value is -3.73. The Labute approximate surface area is 261 Å². The van der Waals surface area contributed by atoms with E-state index in [2.05, 4.69) is 5.32 Å². The SMILES string of the molecule is CC[C@H](C)CN(C[C@@H](O)[C@H](Cc1ccc(OCc2ccccc2)cc1)NC(=O)OC(C)(C)C)S(=O)(=O)c1ccc(C=O)cc1. The zero-order valence-corrected chi connectivity index (χ0v) is 26.9. The Kier molecular flexibility index (Phi) is 12.5. The molecule has 0 saturated heterocycles. The van der Waals surface area contributed by atoms with Gasteiger partial charge in [-0.05, 0) is 68.5 Å². The molecule has 3 aromatic rings. The van der Waals surface area contributed by atoms with Gasteiger partial charge in [0, 0.05) is 18.7 Å². The summed E-state index contributed by atoms with van der Waals surface area (Å²) in [5, 5.41) is 14.2. The van der Waals surface area contributed by atoms with Gasteiger partial charge in [-0.1, -0.05) is 74.9 Å². The molecule has 0 radical (unpaired) electrons. The van der Waals surface area contributed by atoms with Gasteiger partial charge in [0.1, 0.15) is 24.2 Å². The molecule has 44 heavy (non-hydrogen) atoms. The van der Waals surface area contributed by atoms with Crippen LogP contribution in [-0.2, 0) is 27.8 Å². The quantitative estimate of drug-likeness (QED) is 0.211. The van der Waals surface area contributed by atoms with Gasteiger partial charge in [-0.15, -0.1) is 0 Å². The Morgan fingerprint density at radius 3 is 2.16 bits per heavy atom. The molecule has 10 heteroatoms. The topological polar surface area (TPSA) is 122 Å². The molecule has 0 fully saturated rings. The highest BCUT2D eigenvalue weighted by Gasteiger charge is 2.32. The Balaban J connectivity index is 1.82. The number of aliphatic hydroxyl groups excluding tert-OH is 1. The summed E-state index contributed by atoms with van der Waals surface area (Å²) >= 11 is 0. The number of carbonyl (C=O) groups is 2. The maximum absolute atomic E-state index is 13.7. The molecule has 0 aliphatic carbocycles. The minimum Gasteiger partial charge on any atom is -0.489 e. The third-order valence-electron chi connectivity index (χ3n) is 7.05. The van der Waals surface area contributed by atoms with E-state index in [-0.39, 0.29) is 30.3 Å². The highest BCUT2D eigenvalue weighted by molar-refractivity contribution is 7.89. The fourth-order valence-electron chi connectivity index (χ4n) is 4.41. The van der Waals surface area contributed by atoms with E-state index in [0.717, 1.165) is 17.5 Å². The van der Waals surface area contributed by atoms with E-state index in [9.17, 15) is 23.1 Å². The van der Waals surface area contributed by atoms with Crippen molar-refractivity contribution in [1.29, 1.82) is 0 Å². The van der Waals surface area contributed by atoms with E-state index in [1.54, 1.807) is 20.8 Å². The van der Waals surface area contributed by atoms with Crippen molar-refractivity contribution in [3.63, 3.8) is 0 Å². The molecule has 0 aromatic heterocycles. The summed E-state index contributed by atoms with van der Waals surface area (Å²) in [7, 11) is -4.03. The second-order valence-electron chi connectivity index (χ2n) is 12.0. The second-order valence-corrected chi connectivity index (χ2v) is 13.9. The second kappa shape index (κ2) is 15.8. The van der Waals surface area contributed by atoms with Gasteiger partial charge < -0.3 is 19.9 Å². The molecule has 3 aromatic carbocycles. The third-order valence-corrected chi connectivity index (χ3v) is 8.90. The fourth-order valence-corrected chi connectivity index (χ4v) is 5.99. The summed E-state index contributed by atoms with van der Waals surface area (Å²) in [6.45, 7) is 9.43. The van der Waals surface area contributed by atoms with Crippen LogP contribution in [0.1, 0.15) is 62.5 Å².